The van der Waals surface area contributed by atoms with Crippen molar-refractivity contribution in [2.45, 2.75) is 38.5 Å². The van der Waals surface area contributed by atoms with Crippen molar-refractivity contribution in [1.82, 2.24) is 20.6 Å². The largest absolute Gasteiger partial charge is 0.358 e. The van der Waals surface area contributed by atoms with Crippen LogP contribution in [0.5, 0.6) is 0 Å². The van der Waals surface area contributed by atoms with Gasteiger partial charge in [-0.05, 0) is 23.8 Å². The number of alkyl halides is 1. The van der Waals surface area contributed by atoms with E-state index < -0.39 is 5.85 Å². The monoisotopic (exact) mass is 298 g/mol. The Bertz CT molecular complexity index is 560. The molecule has 0 radical (unpaired) electrons. The highest BCUT2D eigenvalue weighted by atomic mass is 35.5. The average molecular weight is 299 g/mol. The molecule has 0 fully saturated rings. The van der Waals surface area contributed by atoms with Crippen molar-refractivity contribution < 1.29 is 9.50 Å². The standard InChI is InChI=1S/C13H16ClFN4O/c1-2-3-4-7-13(15,20)11-6-5-9(14)8-10(11)12-16-18-19-17-12/h5-6,8,20H,2-4,7H2,1H3,(H,16,17,18,19). The number of aliphatic hydroxyl groups is 1. The van der Waals surface area contributed by atoms with Crippen molar-refractivity contribution in [3.05, 3.63) is 28.8 Å². The van der Waals surface area contributed by atoms with Crippen LogP contribution in [0, 0.1) is 0 Å². The molecular formula is C13H16ClFN4O. The Morgan fingerprint density at radius 2 is 2.20 bits per heavy atom. The topological polar surface area (TPSA) is 74.7 Å². The van der Waals surface area contributed by atoms with Crippen LogP contribution >= 0.6 is 11.6 Å². The number of nitrogens with one attached hydrogen (secondary N) is 1. The van der Waals surface area contributed by atoms with Gasteiger partial charge in [0.15, 0.2) is 0 Å². The van der Waals surface area contributed by atoms with Gasteiger partial charge < -0.3 is 5.11 Å². The van der Waals surface area contributed by atoms with Crippen LogP contribution in [0.4, 0.5) is 4.39 Å². The molecule has 108 valence electrons. The lowest BCUT2D eigenvalue weighted by molar-refractivity contribution is -0.103. The van der Waals surface area contributed by atoms with E-state index in [0.717, 1.165) is 12.8 Å². The van der Waals surface area contributed by atoms with Crippen LogP contribution in [0.25, 0.3) is 11.4 Å². The van der Waals surface area contributed by atoms with Gasteiger partial charge in [-0.3, -0.25) is 0 Å². The molecule has 1 aromatic carbocycles. The summed E-state index contributed by atoms with van der Waals surface area (Å²) < 4.78 is 14.6. The fraction of sp³-hybridized carbons (Fsp3) is 0.462. The summed E-state index contributed by atoms with van der Waals surface area (Å²) >= 11 is 5.92. The number of halogens is 2. The maximum absolute atomic E-state index is 14.6. The number of aromatic amines is 1. The van der Waals surface area contributed by atoms with Crippen molar-refractivity contribution in [3.63, 3.8) is 0 Å². The van der Waals surface area contributed by atoms with Crippen LogP contribution in [0.2, 0.25) is 5.02 Å². The van der Waals surface area contributed by atoms with Gasteiger partial charge in [0.05, 0.1) is 0 Å². The van der Waals surface area contributed by atoms with E-state index in [1.165, 1.54) is 18.2 Å². The number of nitrogens with zero attached hydrogens (tertiary/aromatic N) is 3. The second kappa shape index (κ2) is 6.28. The van der Waals surface area contributed by atoms with Crippen molar-refractivity contribution in [2.75, 3.05) is 0 Å². The molecule has 0 aliphatic carbocycles. The Morgan fingerprint density at radius 1 is 1.40 bits per heavy atom. The normalized spacial score (nSPS) is 14.2. The summed E-state index contributed by atoms with van der Waals surface area (Å²) in [5, 5.41) is 23.9. The van der Waals surface area contributed by atoms with Gasteiger partial charge in [-0.15, -0.1) is 10.2 Å². The summed E-state index contributed by atoms with van der Waals surface area (Å²) in [5.41, 5.74) is 0.451. The van der Waals surface area contributed by atoms with Crippen molar-refractivity contribution in [1.29, 1.82) is 0 Å². The summed E-state index contributed by atoms with van der Waals surface area (Å²) in [6.45, 7) is 2.02. The minimum Gasteiger partial charge on any atom is -0.358 e. The van der Waals surface area contributed by atoms with Gasteiger partial charge >= 0.3 is 0 Å². The maximum atomic E-state index is 14.6. The molecule has 0 aliphatic heterocycles. The maximum Gasteiger partial charge on any atom is 0.233 e. The molecule has 1 unspecified atom stereocenters. The predicted molar refractivity (Wildman–Crippen MR) is 73.8 cm³/mol. The number of aromatic nitrogens is 4. The van der Waals surface area contributed by atoms with Crippen molar-refractivity contribution in [3.8, 4) is 11.4 Å². The molecule has 2 rings (SSSR count). The van der Waals surface area contributed by atoms with E-state index in [9.17, 15) is 9.50 Å². The summed E-state index contributed by atoms with van der Waals surface area (Å²) in [6, 6.07) is 4.51. The molecule has 2 aromatic rings. The highest BCUT2D eigenvalue weighted by Gasteiger charge is 2.32. The molecule has 5 nitrogen and oxygen atoms in total. The van der Waals surface area contributed by atoms with Crippen LogP contribution in [0.3, 0.4) is 0 Å². The number of unbranched alkanes of at least 4 members (excludes halogenated alkanes) is 2. The molecule has 0 aliphatic rings. The zero-order chi connectivity index (χ0) is 14.6. The van der Waals surface area contributed by atoms with Gasteiger partial charge in [0.25, 0.3) is 0 Å². The molecule has 7 heteroatoms. The molecule has 0 spiro atoms. The van der Waals surface area contributed by atoms with Crippen LogP contribution < -0.4 is 0 Å². The van der Waals surface area contributed by atoms with Crippen LogP contribution in [-0.4, -0.2) is 25.7 Å². The molecule has 0 amide bonds. The van der Waals surface area contributed by atoms with Crippen LogP contribution in [-0.2, 0) is 5.85 Å². The van der Waals surface area contributed by atoms with Crippen molar-refractivity contribution in [2.24, 2.45) is 0 Å². The van der Waals surface area contributed by atoms with E-state index in [-0.39, 0.29) is 17.8 Å². The minimum absolute atomic E-state index is 0.0212. The van der Waals surface area contributed by atoms with E-state index in [4.69, 9.17) is 11.6 Å². The molecule has 1 heterocycles. The fourth-order valence-electron chi connectivity index (χ4n) is 2.06. The number of rotatable bonds is 6. The number of H-pyrrole nitrogens is 1. The summed E-state index contributed by atoms with van der Waals surface area (Å²) in [5.74, 6) is -2.23. The SMILES string of the molecule is CCCCCC(O)(F)c1ccc(Cl)cc1-c1nn[nH]n1. The molecule has 0 saturated carbocycles. The van der Waals surface area contributed by atoms with E-state index in [1.54, 1.807) is 0 Å². The summed E-state index contributed by atoms with van der Waals surface area (Å²) in [4.78, 5) is 0. The second-order valence-electron chi connectivity index (χ2n) is 4.64. The summed E-state index contributed by atoms with van der Waals surface area (Å²) in [7, 11) is 0. The Morgan fingerprint density at radius 3 is 2.85 bits per heavy atom. The van der Waals surface area contributed by atoms with Crippen molar-refractivity contribution >= 4 is 11.6 Å². The van der Waals surface area contributed by atoms with E-state index in [2.05, 4.69) is 20.6 Å². The minimum atomic E-state index is -2.43. The Hall–Kier alpha value is -1.53. The third-order valence-corrected chi connectivity index (χ3v) is 3.33. The fourth-order valence-corrected chi connectivity index (χ4v) is 2.23. The Balaban J connectivity index is 2.35. The third kappa shape index (κ3) is 3.32. The van der Waals surface area contributed by atoms with Crippen LogP contribution in [0.1, 0.15) is 38.2 Å². The molecule has 20 heavy (non-hydrogen) atoms. The first-order valence-corrected chi connectivity index (χ1v) is 6.87. The third-order valence-electron chi connectivity index (χ3n) is 3.09. The zero-order valence-corrected chi connectivity index (χ0v) is 11.9. The molecular weight excluding hydrogens is 283 g/mol. The molecule has 0 bridgehead atoms. The van der Waals surface area contributed by atoms with Crippen LogP contribution in [0.15, 0.2) is 18.2 Å². The first kappa shape index (κ1) is 14.9. The average Bonchev–Trinajstić information content (AvgIpc) is 2.92. The highest BCUT2D eigenvalue weighted by molar-refractivity contribution is 6.30. The first-order valence-electron chi connectivity index (χ1n) is 6.49. The van der Waals surface area contributed by atoms with Gasteiger partial charge in [0.2, 0.25) is 11.7 Å². The van der Waals surface area contributed by atoms with E-state index in [1.807, 2.05) is 6.92 Å². The smallest absolute Gasteiger partial charge is 0.233 e. The van der Waals surface area contributed by atoms with Gasteiger partial charge in [-0.2, -0.15) is 5.21 Å². The zero-order valence-electron chi connectivity index (χ0n) is 11.1. The van der Waals surface area contributed by atoms with Gasteiger partial charge in [-0.1, -0.05) is 37.4 Å². The number of hydrogen-bond donors (Lipinski definition) is 2. The van der Waals surface area contributed by atoms with Gasteiger partial charge in [-0.25, -0.2) is 4.39 Å². The summed E-state index contributed by atoms with van der Waals surface area (Å²) in [6.07, 6.45) is 2.43. The quantitative estimate of drug-likeness (QED) is 0.803. The number of tetrazole rings is 1. The number of hydrogen-bond acceptors (Lipinski definition) is 4. The number of benzene rings is 1. The lowest BCUT2D eigenvalue weighted by Gasteiger charge is -2.21. The predicted octanol–water partition coefficient (Wildman–Crippen LogP) is 3.22. The Labute approximate surface area is 121 Å². The molecule has 1 aromatic heterocycles. The highest BCUT2D eigenvalue weighted by Crippen LogP contribution is 2.36. The molecule has 0 saturated heterocycles. The first-order chi connectivity index (χ1) is 9.54. The Kier molecular flexibility index (Phi) is 4.67. The lowest BCUT2D eigenvalue weighted by Crippen LogP contribution is -2.20. The molecule has 1 atom stereocenters. The van der Waals surface area contributed by atoms with E-state index in [0.29, 0.717) is 17.0 Å². The molecule has 2 N–H and O–H groups in total. The lowest BCUT2D eigenvalue weighted by atomic mass is 9.95. The van der Waals surface area contributed by atoms with Gasteiger partial charge in [0, 0.05) is 22.6 Å². The van der Waals surface area contributed by atoms with Gasteiger partial charge in [0.1, 0.15) is 0 Å². The second-order valence-corrected chi connectivity index (χ2v) is 5.08. The van der Waals surface area contributed by atoms with E-state index >= 15 is 0 Å².